The van der Waals surface area contributed by atoms with E-state index in [0.717, 1.165) is 18.2 Å². The molecule has 0 bridgehead atoms. The van der Waals surface area contributed by atoms with E-state index in [1.54, 1.807) is 0 Å². The van der Waals surface area contributed by atoms with Crippen LogP contribution in [0.4, 0.5) is 0 Å². The van der Waals surface area contributed by atoms with Gasteiger partial charge in [0.25, 0.3) is 0 Å². The molecule has 0 aromatic rings. The molecule has 0 aliphatic rings. The number of hydrogen-bond acceptors (Lipinski definition) is 1. The van der Waals surface area contributed by atoms with Crippen LogP contribution in [0.15, 0.2) is 0 Å². The quantitative estimate of drug-likeness (QED) is 0.527. The number of aliphatic hydroxyl groups is 1. The predicted octanol–water partition coefficient (Wildman–Crippen LogP) is 2.32. The molecule has 2 heteroatoms. The molecule has 0 spiro atoms. The van der Waals surface area contributed by atoms with Gasteiger partial charge >= 0.3 is 0 Å². The number of aliphatic hydroxyl groups excluding tert-OH is 1. The zero-order chi connectivity index (χ0) is 7.11. The molecule has 56 valence electrons. The normalized spacial score (nSPS) is 13.7. The highest BCUT2D eigenvalue weighted by atomic mass is 79.9. The second-order valence-electron chi connectivity index (χ2n) is 2.30. The molecule has 0 saturated carbocycles. The Labute approximate surface area is 65.6 Å². The summed E-state index contributed by atoms with van der Waals surface area (Å²) in [6, 6.07) is 0. The molecule has 0 amide bonds. The van der Waals surface area contributed by atoms with Crippen molar-refractivity contribution in [3.05, 3.63) is 0 Å². The molecule has 0 radical (unpaired) electrons. The third-order valence-corrected chi connectivity index (χ3v) is 2.07. The third-order valence-electron chi connectivity index (χ3n) is 1.32. The molecule has 0 fully saturated rings. The summed E-state index contributed by atoms with van der Waals surface area (Å²) in [7, 11) is 0. The first kappa shape index (κ1) is 9.44. The SMILES string of the molecule is CCCCCC(O)CBr. The number of alkyl halides is 1. The standard InChI is InChI=1S/C7H15BrO/c1-2-3-4-5-7(9)6-8/h7,9H,2-6H2,1H3. The van der Waals surface area contributed by atoms with Crippen molar-refractivity contribution < 1.29 is 5.11 Å². The van der Waals surface area contributed by atoms with E-state index in [0.29, 0.717) is 0 Å². The van der Waals surface area contributed by atoms with E-state index >= 15 is 0 Å². The first-order valence-corrected chi connectivity index (χ1v) is 4.67. The third kappa shape index (κ3) is 6.32. The summed E-state index contributed by atoms with van der Waals surface area (Å²) in [6.07, 6.45) is 4.44. The van der Waals surface area contributed by atoms with Crippen LogP contribution in [-0.2, 0) is 0 Å². The average molecular weight is 195 g/mol. The van der Waals surface area contributed by atoms with E-state index in [4.69, 9.17) is 5.11 Å². The van der Waals surface area contributed by atoms with Gasteiger partial charge in [-0.25, -0.2) is 0 Å². The molecule has 1 N–H and O–H groups in total. The van der Waals surface area contributed by atoms with Crippen LogP contribution in [0, 0.1) is 0 Å². The highest BCUT2D eigenvalue weighted by molar-refractivity contribution is 9.09. The summed E-state index contributed by atoms with van der Waals surface area (Å²) >= 11 is 3.22. The van der Waals surface area contributed by atoms with Crippen LogP contribution < -0.4 is 0 Å². The Balaban J connectivity index is 2.88. The van der Waals surface area contributed by atoms with Gasteiger partial charge in [0, 0.05) is 5.33 Å². The summed E-state index contributed by atoms with van der Waals surface area (Å²) in [5.74, 6) is 0. The van der Waals surface area contributed by atoms with E-state index in [2.05, 4.69) is 22.9 Å². The van der Waals surface area contributed by atoms with Crippen LogP contribution in [0.1, 0.15) is 32.6 Å². The number of hydrogen-bond donors (Lipinski definition) is 1. The first-order valence-electron chi connectivity index (χ1n) is 3.55. The molecular weight excluding hydrogens is 180 g/mol. The second kappa shape index (κ2) is 6.56. The lowest BCUT2D eigenvalue weighted by molar-refractivity contribution is 0.186. The van der Waals surface area contributed by atoms with Crippen molar-refractivity contribution in [3.63, 3.8) is 0 Å². The molecule has 9 heavy (non-hydrogen) atoms. The van der Waals surface area contributed by atoms with Crippen molar-refractivity contribution >= 4 is 15.9 Å². The van der Waals surface area contributed by atoms with Gasteiger partial charge in [0.2, 0.25) is 0 Å². The molecule has 0 aromatic carbocycles. The van der Waals surface area contributed by atoms with E-state index < -0.39 is 0 Å². The maximum absolute atomic E-state index is 9.04. The fraction of sp³-hybridized carbons (Fsp3) is 1.00. The molecule has 0 heterocycles. The highest BCUT2D eigenvalue weighted by Crippen LogP contribution is 2.04. The number of rotatable bonds is 5. The van der Waals surface area contributed by atoms with Crippen molar-refractivity contribution in [2.24, 2.45) is 0 Å². The summed E-state index contributed by atoms with van der Waals surface area (Å²) in [6.45, 7) is 2.17. The fourth-order valence-electron chi connectivity index (χ4n) is 0.707. The highest BCUT2D eigenvalue weighted by Gasteiger charge is 1.98. The van der Waals surface area contributed by atoms with Crippen LogP contribution >= 0.6 is 15.9 Å². The van der Waals surface area contributed by atoms with Crippen LogP contribution in [0.5, 0.6) is 0 Å². The van der Waals surface area contributed by atoms with Gasteiger partial charge in [-0.15, -0.1) is 0 Å². The smallest absolute Gasteiger partial charge is 0.0637 e. The monoisotopic (exact) mass is 194 g/mol. The average Bonchev–Trinajstić information content (AvgIpc) is 1.89. The second-order valence-corrected chi connectivity index (χ2v) is 2.95. The number of unbranched alkanes of at least 4 members (excludes halogenated alkanes) is 2. The minimum atomic E-state index is -0.128. The zero-order valence-electron chi connectivity index (χ0n) is 5.94. The molecule has 1 atom stereocenters. The summed E-state index contributed by atoms with van der Waals surface area (Å²) < 4.78 is 0. The summed E-state index contributed by atoms with van der Waals surface area (Å²) in [4.78, 5) is 0. The molecule has 0 rings (SSSR count). The Morgan fingerprint density at radius 1 is 1.44 bits per heavy atom. The van der Waals surface area contributed by atoms with Gasteiger partial charge < -0.3 is 5.11 Å². The van der Waals surface area contributed by atoms with Crippen LogP contribution in [0.25, 0.3) is 0 Å². The topological polar surface area (TPSA) is 20.2 Å². The van der Waals surface area contributed by atoms with E-state index in [-0.39, 0.29) is 6.10 Å². The van der Waals surface area contributed by atoms with Gasteiger partial charge in [-0.2, -0.15) is 0 Å². The maximum atomic E-state index is 9.04. The molecule has 1 unspecified atom stereocenters. The number of halogens is 1. The van der Waals surface area contributed by atoms with Crippen molar-refractivity contribution in [2.45, 2.75) is 38.7 Å². The van der Waals surface area contributed by atoms with Crippen LogP contribution in [0.3, 0.4) is 0 Å². The summed E-state index contributed by atoms with van der Waals surface area (Å²) in [5.41, 5.74) is 0. The summed E-state index contributed by atoms with van der Waals surface area (Å²) in [5, 5.41) is 9.76. The maximum Gasteiger partial charge on any atom is 0.0637 e. The molecule has 0 aliphatic carbocycles. The Morgan fingerprint density at radius 3 is 2.56 bits per heavy atom. The van der Waals surface area contributed by atoms with E-state index in [9.17, 15) is 0 Å². The van der Waals surface area contributed by atoms with Crippen molar-refractivity contribution in [2.75, 3.05) is 5.33 Å². The van der Waals surface area contributed by atoms with Gasteiger partial charge in [-0.05, 0) is 6.42 Å². The lowest BCUT2D eigenvalue weighted by Crippen LogP contribution is -2.06. The van der Waals surface area contributed by atoms with E-state index in [1.807, 2.05) is 0 Å². The lowest BCUT2D eigenvalue weighted by atomic mass is 10.1. The van der Waals surface area contributed by atoms with Crippen molar-refractivity contribution in [3.8, 4) is 0 Å². The van der Waals surface area contributed by atoms with E-state index in [1.165, 1.54) is 12.8 Å². The van der Waals surface area contributed by atoms with Crippen LogP contribution in [0.2, 0.25) is 0 Å². The minimum absolute atomic E-state index is 0.128. The van der Waals surface area contributed by atoms with Crippen molar-refractivity contribution in [1.82, 2.24) is 0 Å². The Morgan fingerprint density at radius 2 is 2.11 bits per heavy atom. The first-order chi connectivity index (χ1) is 4.31. The van der Waals surface area contributed by atoms with Gasteiger partial charge in [-0.1, -0.05) is 42.1 Å². The molecule has 0 aliphatic heterocycles. The molecule has 0 aromatic heterocycles. The van der Waals surface area contributed by atoms with Gasteiger partial charge in [-0.3, -0.25) is 0 Å². The molecule has 0 saturated heterocycles. The van der Waals surface area contributed by atoms with Crippen molar-refractivity contribution in [1.29, 1.82) is 0 Å². The van der Waals surface area contributed by atoms with Gasteiger partial charge in [0.05, 0.1) is 6.10 Å². The Kier molecular flexibility index (Phi) is 6.88. The van der Waals surface area contributed by atoms with Gasteiger partial charge in [0.15, 0.2) is 0 Å². The molecular formula is C7H15BrO. The predicted molar refractivity (Wildman–Crippen MR) is 43.9 cm³/mol. The Bertz CT molecular complexity index is 56.9. The fourth-order valence-corrected chi connectivity index (χ4v) is 1.03. The van der Waals surface area contributed by atoms with Gasteiger partial charge in [0.1, 0.15) is 0 Å². The lowest BCUT2D eigenvalue weighted by Gasteiger charge is -2.03. The molecule has 1 nitrogen and oxygen atoms in total. The van der Waals surface area contributed by atoms with Crippen LogP contribution in [-0.4, -0.2) is 16.5 Å². The minimum Gasteiger partial charge on any atom is -0.392 e. The Hall–Kier alpha value is 0.440. The largest absolute Gasteiger partial charge is 0.392 e. The zero-order valence-corrected chi connectivity index (χ0v) is 7.52.